The standard InChI is InChI=1S/C27H44N2O8S/c1-5-9-18-12-19(29(3)13-18)26(35)28-21(16(2)30)24-22(32)23(33)25(34)27(37-24,38-4)20(31)15-36-14-17-10-7-6-8-11-17/h6-8,10-11,16,18-25,30-34H,5,9,12-15H2,1-4H3,(H,28,35)/t16-,18-,19+,20-,21-,22-,23+,24-,25-,27-/m1/s1. The first kappa shape index (κ1) is 31.3. The van der Waals surface area contributed by atoms with Gasteiger partial charge in [0.15, 0.2) is 4.93 Å². The summed E-state index contributed by atoms with van der Waals surface area (Å²) in [6.45, 7) is 4.35. The Morgan fingerprint density at radius 3 is 2.53 bits per heavy atom. The molecule has 10 nitrogen and oxygen atoms in total. The first-order valence-corrected chi connectivity index (χ1v) is 14.5. The minimum absolute atomic E-state index is 0.216. The quantitative estimate of drug-likeness (QED) is 0.209. The average Bonchev–Trinajstić information content (AvgIpc) is 3.27. The number of benzene rings is 1. The van der Waals surface area contributed by atoms with Gasteiger partial charge >= 0.3 is 0 Å². The van der Waals surface area contributed by atoms with Crippen LogP contribution in [-0.4, -0.2) is 116 Å². The molecule has 0 aromatic heterocycles. The Bertz CT molecular complexity index is 880. The number of nitrogens with one attached hydrogen (secondary N) is 1. The van der Waals surface area contributed by atoms with Gasteiger partial charge in [0.25, 0.3) is 0 Å². The number of thioether (sulfide) groups is 1. The molecule has 10 atom stereocenters. The second kappa shape index (κ2) is 13.9. The highest BCUT2D eigenvalue weighted by Gasteiger charge is 2.59. The summed E-state index contributed by atoms with van der Waals surface area (Å²) < 4.78 is 11.8. The number of aliphatic hydroxyl groups is 5. The SMILES string of the molecule is CCC[C@@H]1C[C@@H](C(=O)N[C@@H]([C@H]2O[C@@](SC)([C@H](O)COCc3ccccc3)[C@H](O)[C@@H](O)[C@H]2O)[C@@H](C)O)N(C)C1. The highest BCUT2D eigenvalue weighted by molar-refractivity contribution is 7.99. The van der Waals surface area contributed by atoms with Crippen LogP contribution in [0.4, 0.5) is 0 Å². The molecular weight excluding hydrogens is 512 g/mol. The van der Waals surface area contributed by atoms with E-state index in [1.54, 1.807) is 6.26 Å². The van der Waals surface area contributed by atoms with Crippen molar-refractivity contribution in [3.05, 3.63) is 35.9 Å². The highest BCUT2D eigenvalue weighted by Crippen LogP contribution is 2.42. The Kier molecular flexibility index (Phi) is 11.4. The van der Waals surface area contributed by atoms with Gasteiger partial charge in [0.1, 0.15) is 30.5 Å². The third-order valence-electron chi connectivity index (χ3n) is 7.73. The molecule has 2 fully saturated rings. The van der Waals surface area contributed by atoms with Crippen LogP contribution in [0.25, 0.3) is 0 Å². The van der Waals surface area contributed by atoms with E-state index in [-0.39, 0.29) is 19.1 Å². The molecule has 3 rings (SSSR count). The molecule has 11 heteroatoms. The van der Waals surface area contributed by atoms with Crippen LogP contribution >= 0.6 is 11.8 Å². The van der Waals surface area contributed by atoms with Crippen molar-refractivity contribution in [2.24, 2.45) is 5.92 Å². The molecule has 216 valence electrons. The molecule has 0 saturated carbocycles. The van der Waals surface area contributed by atoms with Crippen molar-refractivity contribution in [3.63, 3.8) is 0 Å². The lowest BCUT2D eigenvalue weighted by atomic mass is 9.87. The molecular formula is C27H44N2O8S. The summed E-state index contributed by atoms with van der Waals surface area (Å²) >= 11 is 0.969. The fraction of sp³-hybridized carbons (Fsp3) is 0.741. The van der Waals surface area contributed by atoms with E-state index < -0.39 is 53.6 Å². The second-order valence-electron chi connectivity index (χ2n) is 10.6. The van der Waals surface area contributed by atoms with Crippen LogP contribution in [0.2, 0.25) is 0 Å². The van der Waals surface area contributed by atoms with Gasteiger partial charge < -0.3 is 40.3 Å². The highest BCUT2D eigenvalue weighted by atomic mass is 32.2. The van der Waals surface area contributed by atoms with Crippen molar-refractivity contribution in [1.29, 1.82) is 0 Å². The molecule has 1 aromatic carbocycles. The Labute approximate surface area is 229 Å². The van der Waals surface area contributed by atoms with Gasteiger partial charge in [0, 0.05) is 6.54 Å². The number of aliphatic hydroxyl groups excluding tert-OH is 5. The summed E-state index contributed by atoms with van der Waals surface area (Å²) in [5.74, 6) is 0.0873. The normalized spacial score (nSPS) is 34.6. The third-order valence-corrected chi connectivity index (χ3v) is 8.98. The summed E-state index contributed by atoms with van der Waals surface area (Å²) in [6.07, 6.45) is -4.54. The molecule has 0 aliphatic carbocycles. The van der Waals surface area contributed by atoms with E-state index in [0.717, 1.165) is 36.7 Å². The van der Waals surface area contributed by atoms with Crippen molar-refractivity contribution >= 4 is 17.7 Å². The fourth-order valence-electron chi connectivity index (χ4n) is 5.58. The summed E-state index contributed by atoms with van der Waals surface area (Å²) in [6, 6.07) is 7.86. The Hall–Kier alpha value is -1.28. The Balaban J connectivity index is 1.76. The molecule has 1 aromatic rings. The number of ether oxygens (including phenoxy) is 2. The maximum Gasteiger partial charge on any atom is 0.237 e. The topological polar surface area (TPSA) is 152 Å². The predicted octanol–water partition coefficient (Wildman–Crippen LogP) is 0.0909. The lowest BCUT2D eigenvalue weighted by molar-refractivity contribution is -0.271. The van der Waals surface area contributed by atoms with Crippen LogP contribution in [0.5, 0.6) is 0 Å². The van der Waals surface area contributed by atoms with Gasteiger partial charge in [-0.2, -0.15) is 0 Å². The van der Waals surface area contributed by atoms with Crippen LogP contribution in [-0.2, 0) is 20.9 Å². The fourth-order valence-corrected chi connectivity index (χ4v) is 6.51. The molecule has 0 spiro atoms. The number of likely N-dealkylation sites (N-methyl/N-ethyl adjacent to an activating group) is 1. The van der Waals surface area contributed by atoms with E-state index >= 15 is 0 Å². The van der Waals surface area contributed by atoms with Gasteiger partial charge in [0.2, 0.25) is 5.91 Å². The van der Waals surface area contributed by atoms with Crippen molar-refractivity contribution < 1.29 is 39.8 Å². The molecule has 38 heavy (non-hydrogen) atoms. The number of rotatable bonds is 12. The van der Waals surface area contributed by atoms with E-state index in [1.807, 2.05) is 42.3 Å². The number of carbonyl (C=O) groups is 1. The Morgan fingerprint density at radius 2 is 1.92 bits per heavy atom. The first-order valence-electron chi connectivity index (χ1n) is 13.3. The van der Waals surface area contributed by atoms with Crippen molar-refractivity contribution in [2.75, 3.05) is 26.5 Å². The molecule has 2 saturated heterocycles. The number of likely N-dealkylation sites (tertiary alicyclic amines) is 1. The van der Waals surface area contributed by atoms with Crippen molar-refractivity contribution in [1.82, 2.24) is 10.2 Å². The summed E-state index contributed by atoms with van der Waals surface area (Å²) in [4.78, 5) is 13.5. The van der Waals surface area contributed by atoms with Gasteiger partial charge in [-0.1, -0.05) is 43.7 Å². The van der Waals surface area contributed by atoms with Gasteiger partial charge in [-0.3, -0.25) is 9.69 Å². The maximum absolute atomic E-state index is 13.3. The van der Waals surface area contributed by atoms with Crippen LogP contribution in [0.3, 0.4) is 0 Å². The Morgan fingerprint density at radius 1 is 1.24 bits per heavy atom. The van der Waals surface area contributed by atoms with Crippen molar-refractivity contribution in [2.45, 2.75) is 93.4 Å². The van der Waals surface area contributed by atoms with Gasteiger partial charge in [0.05, 0.1) is 31.4 Å². The zero-order valence-electron chi connectivity index (χ0n) is 22.6. The van der Waals surface area contributed by atoms with E-state index in [1.165, 1.54) is 6.92 Å². The predicted molar refractivity (Wildman–Crippen MR) is 144 cm³/mol. The van der Waals surface area contributed by atoms with E-state index in [4.69, 9.17) is 9.47 Å². The number of carbonyl (C=O) groups excluding carboxylic acids is 1. The molecule has 2 aliphatic heterocycles. The van der Waals surface area contributed by atoms with Gasteiger partial charge in [-0.05, 0) is 44.6 Å². The van der Waals surface area contributed by atoms with Crippen LogP contribution in [0.15, 0.2) is 30.3 Å². The molecule has 0 unspecified atom stereocenters. The molecule has 0 radical (unpaired) electrons. The van der Waals surface area contributed by atoms with Gasteiger partial charge in [-0.15, -0.1) is 11.8 Å². The summed E-state index contributed by atoms with van der Waals surface area (Å²) in [5, 5.41) is 57.1. The van der Waals surface area contributed by atoms with Crippen LogP contribution in [0.1, 0.15) is 38.7 Å². The molecule has 0 bridgehead atoms. The summed E-state index contributed by atoms with van der Waals surface area (Å²) in [5.41, 5.74) is 0.895. The lowest BCUT2D eigenvalue weighted by Crippen LogP contribution is -2.72. The minimum Gasteiger partial charge on any atom is -0.391 e. The molecule has 2 heterocycles. The maximum atomic E-state index is 13.3. The zero-order chi connectivity index (χ0) is 28.0. The molecule has 6 N–H and O–H groups in total. The van der Waals surface area contributed by atoms with E-state index in [2.05, 4.69) is 12.2 Å². The van der Waals surface area contributed by atoms with E-state index in [9.17, 15) is 30.3 Å². The number of amides is 1. The smallest absolute Gasteiger partial charge is 0.237 e. The number of hydrogen-bond donors (Lipinski definition) is 6. The second-order valence-corrected chi connectivity index (χ2v) is 11.6. The zero-order valence-corrected chi connectivity index (χ0v) is 23.5. The van der Waals surface area contributed by atoms with Gasteiger partial charge in [-0.25, -0.2) is 0 Å². The monoisotopic (exact) mass is 556 g/mol. The third kappa shape index (κ3) is 6.89. The molecule has 1 amide bonds. The summed E-state index contributed by atoms with van der Waals surface area (Å²) in [7, 11) is 1.88. The first-order chi connectivity index (χ1) is 18.0. The number of nitrogens with zero attached hydrogens (tertiary/aromatic N) is 1. The largest absolute Gasteiger partial charge is 0.391 e. The number of hydrogen-bond acceptors (Lipinski definition) is 10. The van der Waals surface area contributed by atoms with Crippen LogP contribution < -0.4 is 5.32 Å². The van der Waals surface area contributed by atoms with Crippen molar-refractivity contribution in [3.8, 4) is 0 Å². The average molecular weight is 557 g/mol. The lowest BCUT2D eigenvalue weighted by Gasteiger charge is -2.52. The van der Waals surface area contributed by atoms with Crippen LogP contribution in [0, 0.1) is 5.92 Å². The van der Waals surface area contributed by atoms with E-state index in [0.29, 0.717) is 12.3 Å². The molecule has 2 aliphatic rings. The minimum atomic E-state index is -1.78.